The van der Waals surface area contributed by atoms with Crippen molar-refractivity contribution in [3.05, 3.63) is 77.9 Å². The molecule has 1 saturated carbocycles. The molecule has 178 valence electrons. The van der Waals surface area contributed by atoms with Gasteiger partial charge in [-0.2, -0.15) is 0 Å². The van der Waals surface area contributed by atoms with Crippen molar-refractivity contribution in [2.45, 2.75) is 22.5 Å². The summed E-state index contributed by atoms with van der Waals surface area (Å²) in [5, 5.41) is 1.96. The number of carbonyl (C=O) groups is 4. The summed E-state index contributed by atoms with van der Waals surface area (Å²) in [6.07, 6.45) is 1.19. The molecule has 2 fully saturated rings. The van der Waals surface area contributed by atoms with E-state index in [1.165, 1.54) is 17.0 Å². The van der Waals surface area contributed by atoms with Crippen molar-refractivity contribution in [3.63, 3.8) is 0 Å². The number of rotatable bonds is 5. The molecule has 0 spiro atoms. The van der Waals surface area contributed by atoms with Gasteiger partial charge in [0.15, 0.2) is 12.4 Å². The molecule has 1 aliphatic carbocycles. The molecule has 0 N–H and O–H groups in total. The number of anilines is 1. The molecule has 0 aromatic heterocycles. The number of Topliss-reactive ketones (excluding diaryl/α,β-unsaturated/α-hetero) is 1. The molecule has 6 nitrogen and oxygen atoms in total. The number of hydrogen-bond donors (Lipinski definition) is 0. The van der Waals surface area contributed by atoms with E-state index in [0.717, 1.165) is 10.8 Å². The van der Waals surface area contributed by atoms with Crippen molar-refractivity contribution in [1.29, 1.82) is 0 Å². The Morgan fingerprint density at radius 2 is 1.37 bits per heavy atom. The maximum absolute atomic E-state index is 13.0. The number of imide groups is 1. The van der Waals surface area contributed by atoms with Gasteiger partial charge in [0.1, 0.15) is 0 Å². The molecule has 2 amide bonds. The maximum atomic E-state index is 13.0. The average Bonchev–Trinajstić information content (AvgIpc) is 3.11. The van der Waals surface area contributed by atoms with Crippen LogP contribution < -0.4 is 4.90 Å². The molecule has 8 heteroatoms. The van der Waals surface area contributed by atoms with E-state index in [1.54, 1.807) is 24.3 Å². The van der Waals surface area contributed by atoms with Gasteiger partial charge in [-0.05, 0) is 53.9 Å². The molecule has 0 bridgehead atoms. The number of carbonyl (C=O) groups excluding carboxylic acids is 4. The standard InChI is InChI=1S/C27H21Br2NO5/c28-22-12-20-21(13-23(22)29)26(33)30(25(20)32)19-9-7-16(8-10-19)27(34)35-14-24(31)18-6-5-15-3-1-2-4-17(15)11-18/h1-11,20-23H,12-14H2/t20-,21+,22+,23-. The second-order valence-electron chi connectivity index (χ2n) is 8.84. The predicted molar refractivity (Wildman–Crippen MR) is 139 cm³/mol. The lowest BCUT2D eigenvalue weighted by molar-refractivity contribution is -0.122. The predicted octanol–water partition coefficient (Wildman–Crippen LogP) is 5.31. The molecule has 0 radical (unpaired) electrons. The first kappa shape index (κ1) is 23.9. The van der Waals surface area contributed by atoms with Crippen molar-refractivity contribution >= 4 is 71.9 Å². The van der Waals surface area contributed by atoms with Crippen LogP contribution in [0, 0.1) is 11.8 Å². The van der Waals surface area contributed by atoms with Crippen LogP contribution in [-0.2, 0) is 14.3 Å². The van der Waals surface area contributed by atoms with Crippen LogP contribution in [0.5, 0.6) is 0 Å². The molecule has 5 rings (SSSR count). The number of alkyl halides is 2. The van der Waals surface area contributed by atoms with Gasteiger partial charge in [0.2, 0.25) is 11.8 Å². The van der Waals surface area contributed by atoms with E-state index >= 15 is 0 Å². The molecule has 0 unspecified atom stereocenters. The van der Waals surface area contributed by atoms with Crippen LogP contribution in [0.15, 0.2) is 66.7 Å². The number of nitrogens with zero attached hydrogens (tertiary/aromatic N) is 1. The largest absolute Gasteiger partial charge is 0.454 e. The number of ketones is 1. The van der Waals surface area contributed by atoms with Gasteiger partial charge in [0, 0.05) is 15.2 Å². The molecule has 4 atom stereocenters. The van der Waals surface area contributed by atoms with E-state index in [4.69, 9.17) is 4.74 Å². The van der Waals surface area contributed by atoms with Crippen molar-refractivity contribution in [2.75, 3.05) is 11.5 Å². The van der Waals surface area contributed by atoms with Gasteiger partial charge in [-0.25, -0.2) is 4.79 Å². The van der Waals surface area contributed by atoms with Crippen molar-refractivity contribution < 1.29 is 23.9 Å². The summed E-state index contributed by atoms with van der Waals surface area (Å²) >= 11 is 7.17. The molecule has 2 aliphatic rings. The van der Waals surface area contributed by atoms with Gasteiger partial charge in [-0.1, -0.05) is 68.3 Å². The number of fused-ring (bicyclic) bond motifs is 2. The molecule has 3 aromatic carbocycles. The number of benzene rings is 3. The van der Waals surface area contributed by atoms with Crippen LogP contribution in [0.1, 0.15) is 33.6 Å². The van der Waals surface area contributed by atoms with Crippen molar-refractivity contribution in [3.8, 4) is 0 Å². The highest BCUT2D eigenvalue weighted by molar-refractivity contribution is 9.12. The monoisotopic (exact) mass is 597 g/mol. The fraction of sp³-hybridized carbons (Fsp3) is 0.259. The summed E-state index contributed by atoms with van der Waals surface area (Å²) in [6.45, 7) is -0.382. The Morgan fingerprint density at radius 1 is 0.800 bits per heavy atom. The Morgan fingerprint density at radius 3 is 2.00 bits per heavy atom. The number of halogens is 2. The summed E-state index contributed by atoms with van der Waals surface area (Å²) in [7, 11) is 0. The fourth-order valence-electron chi connectivity index (χ4n) is 4.76. The topological polar surface area (TPSA) is 80.8 Å². The molecule has 35 heavy (non-hydrogen) atoms. The first-order chi connectivity index (χ1) is 16.8. The lowest BCUT2D eigenvalue weighted by Crippen LogP contribution is -2.34. The summed E-state index contributed by atoms with van der Waals surface area (Å²) in [6, 6.07) is 19.2. The Bertz CT molecular complexity index is 1310. The van der Waals surface area contributed by atoms with Crippen LogP contribution in [0.25, 0.3) is 10.8 Å². The summed E-state index contributed by atoms with van der Waals surface area (Å²) < 4.78 is 5.22. The minimum absolute atomic E-state index is 0.134. The minimum atomic E-state index is -0.650. The van der Waals surface area contributed by atoms with Crippen LogP contribution in [0.2, 0.25) is 0 Å². The van der Waals surface area contributed by atoms with Gasteiger partial charge in [0.25, 0.3) is 0 Å². The molecule has 1 saturated heterocycles. The third-order valence-corrected chi connectivity index (χ3v) is 9.41. The number of hydrogen-bond acceptors (Lipinski definition) is 5. The summed E-state index contributed by atoms with van der Waals surface area (Å²) in [4.78, 5) is 52.4. The van der Waals surface area contributed by atoms with Crippen LogP contribution in [0.3, 0.4) is 0 Å². The van der Waals surface area contributed by atoms with Crippen LogP contribution in [0.4, 0.5) is 5.69 Å². The van der Waals surface area contributed by atoms with Gasteiger partial charge >= 0.3 is 5.97 Å². The summed E-state index contributed by atoms with van der Waals surface area (Å²) in [5.41, 5.74) is 1.13. The lowest BCUT2D eigenvalue weighted by atomic mass is 9.81. The minimum Gasteiger partial charge on any atom is -0.454 e. The fourth-order valence-corrected chi connectivity index (χ4v) is 5.99. The Hall–Kier alpha value is -2.84. The Labute approximate surface area is 218 Å². The van der Waals surface area contributed by atoms with E-state index < -0.39 is 5.97 Å². The van der Waals surface area contributed by atoms with E-state index in [0.29, 0.717) is 24.1 Å². The lowest BCUT2D eigenvalue weighted by Gasteiger charge is -2.29. The molecular weight excluding hydrogens is 578 g/mol. The van der Waals surface area contributed by atoms with Gasteiger partial charge in [-0.3, -0.25) is 19.3 Å². The third-order valence-electron chi connectivity index (χ3n) is 6.68. The van der Waals surface area contributed by atoms with E-state index in [-0.39, 0.29) is 51.3 Å². The summed E-state index contributed by atoms with van der Waals surface area (Å²) in [5.74, 6) is -2.05. The van der Waals surface area contributed by atoms with Gasteiger partial charge < -0.3 is 4.74 Å². The van der Waals surface area contributed by atoms with Gasteiger partial charge in [0.05, 0.1) is 23.1 Å². The highest BCUT2D eigenvalue weighted by atomic mass is 79.9. The zero-order valence-electron chi connectivity index (χ0n) is 18.5. The zero-order valence-corrected chi connectivity index (χ0v) is 21.7. The second-order valence-corrected chi connectivity index (χ2v) is 11.2. The molecule has 1 heterocycles. The Kier molecular flexibility index (Phi) is 6.59. The SMILES string of the molecule is O=C(COC(=O)c1ccc(N2C(=O)[C@H]3C[C@@H](Br)[C@@H](Br)C[C@H]3C2=O)cc1)c1ccc2ccccc2c1. The maximum Gasteiger partial charge on any atom is 0.338 e. The third kappa shape index (κ3) is 4.57. The first-order valence-corrected chi connectivity index (χ1v) is 13.1. The quantitative estimate of drug-likeness (QED) is 0.172. The first-order valence-electron chi connectivity index (χ1n) is 11.3. The van der Waals surface area contributed by atoms with Crippen molar-refractivity contribution in [2.24, 2.45) is 11.8 Å². The molecule has 1 aliphatic heterocycles. The number of esters is 1. The smallest absolute Gasteiger partial charge is 0.338 e. The Balaban J connectivity index is 1.24. The van der Waals surface area contributed by atoms with Crippen molar-refractivity contribution in [1.82, 2.24) is 0 Å². The second kappa shape index (κ2) is 9.66. The number of amides is 2. The van der Waals surface area contributed by atoms with E-state index in [9.17, 15) is 19.2 Å². The van der Waals surface area contributed by atoms with Crippen LogP contribution >= 0.6 is 31.9 Å². The number of ether oxygens (including phenoxy) is 1. The van der Waals surface area contributed by atoms with E-state index in [1.807, 2.05) is 30.3 Å². The normalized spacial score (nSPS) is 23.9. The van der Waals surface area contributed by atoms with E-state index in [2.05, 4.69) is 31.9 Å². The molecule has 3 aromatic rings. The highest BCUT2D eigenvalue weighted by Crippen LogP contribution is 2.44. The van der Waals surface area contributed by atoms with Gasteiger partial charge in [-0.15, -0.1) is 0 Å². The van der Waals surface area contributed by atoms with Crippen LogP contribution in [-0.4, -0.2) is 39.8 Å². The highest BCUT2D eigenvalue weighted by Gasteiger charge is 2.52. The zero-order chi connectivity index (χ0) is 24.7. The average molecular weight is 599 g/mol. The molecular formula is C27H21Br2NO5.